The van der Waals surface area contributed by atoms with E-state index in [9.17, 15) is 23.5 Å². The number of carboxylic acid groups (broad SMARTS) is 1. The minimum atomic E-state index is -1.18. The molecule has 8 heteroatoms. The van der Waals surface area contributed by atoms with E-state index in [1.165, 1.54) is 31.4 Å². The average molecular weight is 589 g/mol. The molecule has 216 valence electrons. The Kier molecular flexibility index (Phi) is 6.61. The SMILES string of the molecule is O=C(CC12CC3CC(CC(C3)C1)C2)Nc1c(C(=O)O)n(Cc2cccc(Cl)c2)c2cc(-c3cc(F)cc(F)c3)ccc12. The van der Waals surface area contributed by atoms with Gasteiger partial charge >= 0.3 is 5.97 Å². The Morgan fingerprint density at radius 3 is 2.19 bits per heavy atom. The number of carbonyl (C=O) groups excluding carboxylic acids is 1. The van der Waals surface area contributed by atoms with Crippen LogP contribution in [0.1, 0.15) is 61.0 Å². The third-order valence-electron chi connectivity index (χ3n) is 9.66. The van der Waals surface area contributed by atoms with Gasteiger partial charge in [-0.25, -0.2) is 13.6 Å². The monoisotopic (exact) mass is 588 g/mol. The Morgan fingerprint density at radius 1 is 0.905 bits per heavy atom. The molecule has 1 heterocycles. The van der Waals surface area contributed by atoms with Crippen LogP contribution in [0.25, 0.3) is 22.0 Å². The number of carboxylic acids is 1. The zero-order valence-electron chi connectivity index (χ0n) is 23.0. The van der Waals surface area contributed by atoms with E-state index in [2.05, 4.69) is 5.32 Å². The highest BCUT2D eigenvalue weighted by Crippen LogP contribution is 2.61. The number of fused-ring (bicyclic) bond motifs is 1. The normalized spacial score (nSPS) is 24.3. The van der Waals surface area contributed by atoms with Crippen LogP contribution in [-0.4, -0.2) is 21.6 Å². The summed E-state index contributed by atoms with van der Waals surface area (Å²) in [6.07, 6.45) is 7.43. The Hall–Kier alpha value is -3.71. The third-order valence-corrected chi connectivity index (χ3v) is 9.89. The summed E-state index contributed by atoms with van der Waals surface area (Å²) in [5.41, 5.74) is 2.34. The van der Waals surface area contributed by atoms with Crippen molar-refractivity contribution < 1.29 is 23.5 Å². The molecular formula is C34H31ClF2N2O3. The highest BCUT2D eigenvalue weighted by atomic mass is 35.5. The first kappa shape index (κ1) is 27.1. The molecule has 1 amide bonds. The molecule has 4 aliphatic rings. The van der Waals surface area contributed by atoms with Gasteiger partial charge in [-0.15, -0.1) is 0 Å². The quantitative estimate of drug-likeness (QED) is 0.227. The predicted molar refractivity (Wildman–Crippen MR) is 159 cm³/mol. The second-order valence-corrected chi connectivity index (χ2v) is 13.2. The molecule has 5 nitrogen and oxygen atoms in total. The lowest BCUT2D eigenvalue weighted by Gasteiger charge is -2.56. The molecule has 0 aliphatic heterocycles. The number of hydrogen-bond donors (Lipinski definition) is 2. The number of nitrogens with one attached hydrogen (secondary N) is 1. The lowest BCUT2D eigenvalue weighted by Crippen LogP contribution is -2.47. The molecule has 0 unspecified atom stereocenters. The third kappa shape index (κ3) is 4.98. The first-order valence-corrected chi connectivity index (χ1v) is 14.9. The Labute approximate surface area is 247 Å². The van der Waals surface area contributed by atoms with Crippen LogP contribution in [0.3, 0.4) is 0 Å². The van der Waals surface area contributed by atoms with Crippen molar-refractivity contribution in [2.24, 2.45) is 23.2 Å². The van der Waals surface area contributed by atoms with Crippen molar-refractivity contribution in [2.75, 3.05) is 5.32 Å². The number of amides is 1. The van der Waals surface area contributed by atoms with Crippen molar-refractivity contribution in [3.8, 4) is 11.1 Å². The molecule has 0 saturated heterocycles. The fourth-order valence-corrected chi connectivity index (χ4v) is 8.82. The smallest absolute Gasteiger partial charge is 0.354 e. The van der Waals surface area contributed by atoms with Crippen molar-refractivity contribution >= 4 is 40.1 Å². The molecule has 2 N–H and O–H groups in total. The number of hydrogen-bond acceptors (Lipinski definition) is 2. The predicted octanol–water partition coefficient (Wildman–Crippen LogP) is 8.53. The molecule has 4 aromatic rings. The van der Waals surface area contributed by atoms with Crippen LogP contribution < -0.4 is 5.32 Å². The second-order valence-electron chi connectivity index (χ2n) is 12.8. The molecule has 4 bridgehead atoms. The van der Waals surface area contributed by atoms with Gasteiger partial charge in [-0.3, -0.25) is 4.79 Å². The topological polar surface area (TPSA) is 71.3 Å². The zero-order chi connectivity index (χ0) is 29.2. The minimum Gasteiger partial charge on any atom is -0.477 e. The molecule has 0 spiro atoms. The van der Waals surface area contributed by atoms with Crippen molar-refractivity contribution in [2.45, 2.75) is 51.5 Å². The highest BCUT2D eigenvalue weighted by Gasteiger charge is 2.51. The lowest BCUT2D eigenvalue weighted by molar-refractivity contribution is -0.124. The van der Waals surface area contributed by atoms with E-state index < -0.39 is 17.6 Å². The van der Waals surface area contributed by atoms with Crippen molar-refractivity contribution in [3.05, 3.63) is 88.6 Å². The first-order chi connectivity index (χ1) is 20.1. The molecule has 1 aromatic heterocycles. The molecule has 0 atom stereocenters. The molecule has 4 saturated carbocycles. The number of nitrogens with zero attached hydrogens (tertiary/aromatic N) is 1. The summed E-state index contributed by atoms with van der Waals surface area (Å²) < 4.78 is 29.8. The fourth-order valence-electron chi connectivity index (χ4n) is 8.61. The maximum absolute atomic E-state index is 14.1. The largest absolute Gasteiger partial charge is 0.477 e. The van der Waals surface area contributed by atoms with Gasteiger partial charge in [0.25, 0.3) is 0 Å². The van der Waals surface area contributed by atoms with Crippen LogP contribution in [0.2, 0.25) is 5.02 Å². The van der Waals surface area contributed by atoms with Gasteiger partial charge in [0.1, 0.15) is 11.6 Å². The van der Waals surface area contributed by atoms with E-state index in [4.69, 9.17) is 11.6 Å². The summed E-state index contributed by atoms with van der Waals surface area (Å²) in [6.45, 7) is 0.171. The summed E-state index contributed by atoms with van der Waals surface area (Å²) in [5.74, 6) is -0.668. The van der Waals surface area contributed by atoms with Gasteiger partial charge in [0.2, 0.25) is 5.91 Å². The van der Waals surface area contributed by atoms with Crippen LogP contribution in [0, 0.1) is 34.8 Å². The maximum Gasteiger partial charge on any atom is 0.354 e. The van der Waals surface area contributed by atoms with Gasteiger partial charge in [0.05, 0.1) is 11.2 Å². The number of carbonyl (C=O) groups is 2. The number of aromatic carboxylic acids is 1. The van der Waals surface area contributed by atoms with Crippen molar-refractivity contribution in [3.63, 3.8) is 0 Å². The van der Waals surface area contributed by atoms with E-state index >= 15 is 0 Å². The zero-order valence-corrected chi connectivity index (χ0v) is 23.8. The van der Waals surface area contributed by atoms with Crippen LogP contribution in [0.4, 0.5) is 14.5 Å². The Bertz CT molecular complexity index is 1690. The Morgan fingerprint density at radius 2 is 1.57 bits per heavy atom. The summed E-state index contributed by atoms with van der Waals surface area (Å²) >= 11 is 6.23. The standard InChI is InChI=1S/C34H31ClF2N2O3/c35-25-3-1-2-19(9-25)18-39-29-12-23(24-10-26(36)13-27(37)11-24)4-5-28(29)31(32(39)33(41)42)38-30(40)17-34-14-20-6-21(15-34)8-22(7-20)16-34/h1-5,9-13,20-22H,6-8,14-18H2,(H,38,40)(H,41,42). The highest BCUT2D eigenvalue weighted by molar-refractivity contribution is 6.30. The van der Waals surface area contributed by atoms with Gasteiger partial charge in [-0.1, -0.05) is 35.9 Å². The van der Waals surface area contributed by atoms with E-state index in [0.717, 1.165) is 30.9 Å². The molecule has 4 fully saturated rings. The molecule has 3 aromatic carbocycles. The van der Waals surface area contributed by atoms with Crippen LogP contribution >= 0.6 is 11.6 Å². The Balaban J connectivity index is 1.31. The number of rotatable bonds is 7. The molecule has 4 aliphatic carbocycles. The molecule has 0 radical (unpaired) electrons. The van der Waals surface area contributed by atoms with Crippen LogP contribution in [-0.2, 0) is 11.3 Å². The summed E-state index contributed by atoms with van der Waals surface area (Å²) in [7, 11) is 0. The van der Waals surface area contributed by atoms with Crippen molar-refractivity contribution in [1.82, 2.24) is 4.57 Å². The van der Waals surface area contributed by atoms with Gasteiger partial charge in [-0.2, -0.15) is 0 Å². The van der Waals surface area contributed by atoms with E-state index in [-0.39, 0.29) is 29.2 Å². The van der Waals surface area contributed by atoms with E-state index in [1.807, 2.05) is 6.07 Å². The summed E-state index contributed by atoms with van der Waals surface area (Å²) in [5, 5.41) is 14.5. The second kappa shape index (κ2) is 10.2. The molecule has 8 rings (SSSR count). The van der Waals surface area contributed by atoms with Crippen molar-refractivity contribution in [1.29, 1.82) is 0 Å². The molecular weight excluding hydrogens is 558 g/mol. The molecule has 42 heavy (non-hydrogen) atoms. The van der Waals surface area contributed by atoms with E-state index in [0.29, 0.717) is 51.2 Å². The van der Waals surface area contributed by atoms with Crippen LogP contribution in [0.15, 0.2) is 60.7 Å². The fraction of sp³-hybridized carbons (Fsp3) is 0.353. The number of benzene rings is 3. The van der Waals surface area contributed by atoms with E-state index in [1.54, 1.807) is 41.0 Å². The number of aromatic nitrogens is 1. The lowest BCUT2D eigenvalue weighted by atomic mass is 9.49. The van der Waals surface area contributed by atoms with Crippen LogP contribution in [0.5, 0.6) is 0 Å². The summed E-state index contributed by atoms with van der Waals surface area (Å²) in [4.78, 5) is 26.5. The van der Waals surface area contributed by atoms with Gasteiger partial charge in [0, 0.05) is 29.4 Å². The van der Waals surface area contributed by atoms with Gasteiger partial charge in [0.15, 0.2) is 5.69 Å². The average Bonchev–Trinajstić information content (AvgIpc) is 3.19. The minimum absolute atomic E-state index is 0.00397. The van der Waals surface area contributed by atoms with Gasteiger partial charge < -0.3 is 15.0 Å². The number of anilines is 1. The first-order valence-electron chi connectivity index (χ1n) is 14.5. The maximum atomic E-state index is 14.1. The van der Waals surface area contributed by atoms with Gasteiger partial charge in [-0.05, 0) is 109 Å². The number of halogens is 3. The summed E-state index contributed by atoms with van der Waals surface area (Å²) in [6, 6.07) is 15.6.